The van der Waals surface area contributed by atoms with Crippen LogP contribution in [0.25, 0.3) is 16.4 Å². The average Bonchev–Trinajstić information content (AvgIpc) is 3.13. The molecule has 0 unspecified atom stereocenters. The maximum absolute atomic E-state index is 13.2. The number of esters is 1. The highest BCUT2D eigenvalue weighted by Crippen LogP contribution is 2.26. The van der Waals surface area contributed by atoms with Crippen LogP contribution in [0.2, 0.25) is 0 Å². The molecule has 1 aliphatic rings. The van der Waals surface area contributed by atoms with E-state index in [1.807, 2.05) is 17.5 Å². The van der Waals surface area contributed by atoms with E-state index in [4.69, 9.17) is 4.74 Å². The Balaban J connectivity index is 1.57. The quantitative estimate of drug-likeness (QED) is 0.658. The Morgan fingerprint density at radius 2 is 2.04 bits per heavy atom. The van der Waals surface area contributed by atoms with E-state index < -0.39 is 5.97 Å². The molecule has 2 heterocycles. The van der Waals surface area contributed by atoms with Crippen molar-refractivity contribution < 1.29 is 18.7 Å². The van der Waals surface area contributed by atoms with Crippen LogP contribution in [0.5, 0.6) is 0 Å². The molecule has 0 spiro atoms. The number of hydrogen-bond donors (Lipinski definition) is 1. The highest BCUT2D eigenvalue weighted by molar-refractivity contribution is 7.13. The molecule has 2 aromatic heterocycles. The number of rotatable bonds is 6. The monoisotopic (exact) mass is 386 g/mol. The van der Waals surface area contributed by atoms with Gasteiger partial charge in [-0.05, 0) is 48.6 Å². The lowest BCUT2D eigenvalue weighted by atomic mass is 10.3. The third-order valence-corrected chi connectivity index (χ3v) is 4.75. The summed E-state index contributed by atoms with van der Waals surface area (Å²) >= 11 is 1.43. The van der Waals surface area contributed by atoms with Gasteiger partial charge in [-0.1, -0.05) is 6.07 Å². The van der Waals surface area contributed by atoms with Crippen LogP contribution in [0, 0.1) is 5.82 Å². The number of thiophene rings is 1. The average molecular weight is 386 g/mol. The summed E-state index contributed by atoms with van der Waals surface area (Å²) in [5.41, 5.74) is 0.554. The summed E-state index contributed by atoms with van der Waals surface area (Å²) in [6.07, 6.45) is 1.90. The molecule has 3 aromatic rings. The highest BCUT2D eigenvalue weighted by atomic mass is 32.1. The fraction of sp³-hybridized carbons (Fsp3) is 0.222. The van der Waals surface area contributed by atoms with E-state index in [9.17, 15) is 14.0 Å². The number of halogens is 1. The first-order valence-corrected chi connectivity index (χ1v) is 9.21. The molecule has 1 aromatic carbocycles. The van der Waals surface area contributed by atoms with Crippen molar-refractivity contribution >= 4 is 23.2 Å². The van der Waals surface area contributed by atoms with E-state index >= 15 is 0 Å². The fourth-order valence-electron chi connectivity index (χ4n) is 2.42. The zero-order valence-corrected chi connectivity index (χ0v) is 14.9. The molecule has 9 heteroatoms. The summed E-state index contributed by atoms with van der Waals surface area (Å²) in [5, 5.41) is 8.81. The van der Waals surface area contributed by atoms with E-state index in [0.717, 1.165) is 17.7 Å². The molecule has 138 valence electrons. The van der Waals surface area contributed by atoms with E-state index in [2.05, 4.69) is 15.4 Å². The van der Waals surface area contributed by atoms with Crippen LogP contribution < -0.4 is 5.32 Å². The van der Waals surface area contributed by atoms with Gasteiger partial charge in [-0.2, -0.15) is 4.98 Å². The Bertz CT molecular complexity index is 965. The number of aromatic nitrogens is 3. The van der Waals surface area contributed by atoms with Gasteiger partial charge in [0.25, 0.3) is 11.7 Å². The Morgan fingerprint density at radius 1 is 1.26 bits per heavy atom. The van der Waals surface area contributed by atoms with Crippen molar-refractivity contribution in [2.75, 3.05) is 6.61 Å². The first-order valence-electron chi connectivity index (χ1n) is 8.33. The number of carbonyl (C=O) groups excluding carboxylic acids is 2. The molecule has 0 radical (unpaired) electrons. The summed E-state index contributed by atoms with van der Waals surface area (Å²) in [6.45, 7) is -0.380. The first-order chi connectivity index (χ1) is 13.1. The van der Waals surface area contributed by atoms with Crippen LogP contribution in [-0.2, 0) is 9.53 Å². The standard InChI is InChI=1S/C18H15FN4O3S/c19-11-3-7-13(8-4-11)23-17(14-2-1-9-27-14)21-16(22-23)18(25)26-10-15(24)20-12-5-6-12/h1-4,7-9,12H,5-6,10H2,(H,20,24). The van der Waals surface area contributed by atoms with Crippen LogP contribution in [0.15, 0.2) is 41.8 Å². The van der Waals surface area contributed by atoms with Gasteiger partial charge in [0, 0.05) is 6.04 Å². The number of ether oxygens (including phenoxy) is 1. The topological polar surface area (TPSA) is 86.1 Å². The summed E-state index contributed by atoms with van der Waals surface area (Å²) in [6, 6.07) is 9.57. The van der Waals surface area contributed by atoms with Crippen molar-refractivity contribution in [2.24, 2.45) is 0 Å². The predicted octanol–water partition coefficient (Wildman–Crippen LogP) is 2.57. The van der Waals surface area contributed by atoms with Gasteiger partial charge in [-0.15, -0.1) is 16.4 Å². The molecule has 0 aliphatic heterocycles. The minimum absolute atomic E-state index is 0.165. The largest absolute Gasteiger partial charge is 0.450 e. The lowest BCUT2D eigenvalue weighted by molar-refractivity contribution is -0.124. The molecular weight excluding hydrogens is 371 g/mol. The first kappa shape index (κ1) is 17.3. The number of carbonyl (C=O) groups is 2. The van der Waals surface area contributed by atoms with E-state index in [1.54, 1.807) is 12.1 Å². The molecule has 1 saturated carbocycles. The summed E-state index contributed by atoms with van der Waals surface area (Å²) in [4.78, 5) is 29.0. The molecular formula is C18H15FN4O3S. The van der Waals surface area contributed by atoms with Crippen molar-refractivity contribution in [3.05, 3.63) is 53.4 Å². The predicted molar refractivity (Wildman–Crippen MR) is 96.1 cm³/mol. The second kappa shape index (κ2) is 7.28. The fourth-order valence-corrected chi connectivity index (χ4v) is 3.12. The maximum Gasteiger partial charge on any atom is 0.378 e. The number of nitrogens with zero attached hydrogens (tertiary/aromatic N) is 3. The van der Waals surface area contributed by atoms with Gasteiger partial charge in [0.05, 0.1) is 10.6 Å². The highest BCUT2D eigenvalue weighted by Gasteiger charge is 2.25. The zero-order valence-electron chi connectivity index (χ0n) is 14.1. The van der Waals surface area contributed by atoms with Gasteiger partial charge in [0.15, 0.2) is 12.4 Å². The molecule has 0 bridgehead atoms. The second-order valence-corrected chi connectivity index (χ2v) is 6.99. The van der Waals surface area contributed by atoms with Gasteiger partial charge in [0.2, 0.25) is 0 Å². The van der Waals surface area contributed by atoms with E-state index in [0.29, 0.717) is 11.5 Å². The van der Waals surface area contributed by atoms with E-state index in [1.165, 1.54) is 28.2 Å². The number of amides is 1. The maximum atomic E-state index is 13.2. The van der Waals surface area contributed by atoms with Crippen molar-refractivity contribution in [3.63, 3.8) is 0 Å². The molecule has 1 fully saturated rings. The van der Waals surface area contributed by atoms with Gasteiger partial charge in [0.1, 0.15) is 5.82 Å². The van der Waals surface area contributed by atoms with Crippen LogP contribution in [-0.4, -0.2) is 39.3 Å². The molecule has 4 rings (SSSR count). The Labute approximate surface area is 157 Å². The van der Waals surface area contributed by atoms with Crippen molar-refractivity contribution in [3.8, 4) is 16.4 Å². The molecule has 1 aliphatic carbocycles. The van der Waals surface area contributed by atoms with Crippen LogP contribution in [0.3, 0.4) is 0 Å². The lowest BCUT2D eigenvalue weighted by Crippen LogP contribution is -2.30. The Kier molecular flexibility index (Phi) is 4.68. The number of hydrogen-bond acceptors (Lipinski definition) is 6. The van der Waals surface area contributed by atoms with Crippen molar-refractivity contribution in [1.29, 1.82) is 0 Å². The lowest BCUT2D eigenvalue weighted by Gasteiger charge is -2.04. The van der Waals surface area contributed by atoms with Gasteiger partial charge in [-0.3, -0.25) is 4.79 Å². The normalized spacial score (nSPS) is 13.4. The Hall–Kier alpha value is -3.07. The third-order valence-electron chi connectivity index (χ3n) is 3.88. The molecule has 0 saturated heterocycles. The minimum Gasteiger partial charge on any atom is -0.450 e. The SMILES string of the molecule is O=C(COC(=O)c1nc(-c2cccs2)n(-c2ccc(F)cc2)n1)NC1CC1. The summed E-state index contributed by atoms with van der Waals surface area (Å²) in [7, 11) is 0. The molecule has 1 N–H and O–H groups in total. The molecule has 1 amide bonds. The van der Waals surface area contributed by atoms with Crippen molar-refractivity contribution in [2.45, 2.75) is 18.9 Å². The number of benzene rings is 1. The van der Waals surface area contributed by atoms with Crippen molar-refractivity contribution in [1.82, 2.24) is 20.1 Å². The second-order valence-electron chi connectivity index (χ2n) is 6.04. The minimum atomic E-state index is -0.792. The van der Waals surface area contributed by atoms with Gasteiger partial charge < -0.3 is 10.1 Å². The van der Waals surface area contributed by atoms with Crippen LogP contribution in [0.1, 0.15) is 23.5 Å². The van der Waals surface area contributed by atoms with Gasteiger partial charge in [-0.25, -0.2) is 13.9 Å². The number of nitrogens with one attached hydrogen (secondary N) is 1. The zero-order chi connectivity index (χ0) is 18.8. The molecule has 7 nitrogen and oxygen atoms in total. The van der Waals surface area contributed by atoms with Crippen LogP contribution >= 0.6 is 11.3 Å². The summed E-state index contributed by atoms with van der Waals surface area (Å²) in [5.74, 6) is -1.24. The van der Waals surface area contributed by atoms with Gasteiger partial charge >= 0.3 is 5.97 Å². The third kappa shape index (κ3) is 4.03. The van der Waals surface area contributed by atoms with E-state index in [-0.39, 0.29) is 30.2 Å². The molecule has 0 atom stereocenters. The Morgan fingerprint density at radius 3 is 2.70 bits per heavy atom. The van der Waals surface area contributed by atoms with Crippen LogP contribution in [0.4, 0.5) is 4.39 Å². The smallest absolute Gasteiger partial charge is 0.378 e. The molecule has 27 heavy (non-hydrogen) atoms. The summed E-state index contributed by atoms with van der Waals surface area (Å²) < 4.78 is 19.7.